The van der Waals surface area contributed by atoms with Crippen LogP contribution in [0.2, 0.25) is 0 Å². The molecule has 5 rings (SSSR count). The van der Waals surface area contributed by atoms with Gasteiger partial charge >= 0.3 is 0 Å². The van der Waals surface area contributed by atoms with E-state index in [0.717, 1.165) is 22.0 Å². The average Bonchev–Trinajstić information content (AvgIpc) is 3.44. The molecular weight excluding hydrogens is 562 g/mol. The molecule has 0 spiro atoms. The van der Waals surface area contributed by atoms with Crippen LogP contribution in [0.25, 0.3) is 10.9 Å². The van der Waals surface area contributed by atoms with Gasteiger partial charge in [0.2, 0.25) is 17.7 Å². The Labute approximate surface area is 255 Å². The lowest BCUT2D eigenvalue weighted by atomic mass is 10.0. The molecule has 0 aliphatic carbocycles. The van der Waals surface area contributed by atoms with E-state index in [2.05, 4.69) is 15.6 Å². The van der Waals surface area contributed by atoms with E-state index in [4.69, 9.17) is 9.47 Å². The van der Waals surface area contributed by atoms with Crippen LogP contribution in [-0.2, 0) is 32.1 Å². The Bertz CT molecular complexity index is 1670. The third-order valence-electron chi connectivity index (χ3n) is 7.64. The number of nitrogens with one attached hydrogen (secondary N) is 3. The van der Waals surface area contributed by atoms with Gasteiger partial charge in [-0.25, -0.2) is 0 Å². The number of ether oxygens (including phenoxy) is 2. The third kappa shape index (κ3) is 6.67. The van der Waals surface area contributed by atoms with Gasteiger partial charge in [0.15, 0.2) is 11.5 Å². The van der Waals surface area contributed by atoms with Crippen molar-refractivity contribution in [2.24, 2.45) is 0 Å². The van der Waals surface area contributed by atoms with E-state index in [-0.39, 0.29) is 37.9 Å². The second-order valence-corrected chi connectivity index (χ2v) is 10.7. The molecule has 1 fully saturated rings. The standard InChI is InChI=1S/C33H35N5O6/c1-37(18-21-13-14-27(43-2)28(15-21)44-3)32(41)26(16-23-17-34-25-12-8-7-11-24(23)25)35-29(39)19-38-20-30(40)36-31(33(38)42)22-9-5-4-6-10-22/h4-15,17,26,31,34H,16,18-20H2,1-3H3,(H,35,39)(H,36,40). The van der Waals surface area contributed by atoms with Gasteiger partial charge in [-0.2, -0.15) is 0 Å². The zero-order valence-electron chi connectivity index (χ0n) is 24.8. The molecule has 1 saturated heterocycles. The molecule has 4 aromatic rings. The lowest BCUT2D eigenvalue weighted by Crippen LogP contribution is -2.57. The molecule has 1 aliphatic rings. The van der Waals surface area contributed by atoms with Gasteiger partial charge in [0.05, 0.1) is 14.2 Å². The Balaban J connectivity index is 1.34. The first-order chi connectivity index (χ1) is 21.3. The van der Waals surface area contributed by atoms with Crippen LogP contribution in [0.4, 0.5) is 0 Å². The predicted molar refractivity (Wildman–Crippen MR) is 164 cm³/mol. The normalized spacial score (nSPS) is 15.4. The smallest absolute Gasteiger partial charge is 0.250 e. The number of H-pyrrole nitrogens is 1. The summed E-state index contributed by atoms with van der Waals surface area (Å²) in [7, 11) is 4.76. The summed E-state index contributed by atoms with van der Waals surface area (Å²) in [5.74, 6) is -0.507. The van der Waals surface area contributed by atoms with Crippen LogP contribution >= 0.6 is 0 Å². The molecule has 1 aliphatic heterocycles. The van der Waals surface area contributed by atoms with Crippen LogP contribution in [-0.4, -0.2) is 78.8 Å². The number of nitrogens with zero attached hydrogens (tertiary/aromatic N) is 2. The summed E-state index contributed by atoms with van der Waals surface area (Å²) in [6.07, 6.45) is 2.04. The minimum atomic E-state index is -0.939. The van der Waals surface area contributed by atoms with Gasteiger partial charge in [0.1, 0.15) is 25.2 Å². The van der Waals surface area contributed by atoms with E-state index in [1.165, 1.54) is 9.80 Å². The van der Waals surface area contributed by atoms with Gasteiger partial charge in [0, 0.05) is 37.1 Å². The summed E-state index contributed by atoms with van der Waals surface area (Å²) < 4.78 is 10.7. The molecule has 44 heavy (non-hydrogen) atoms. The Kier molecular flexibility index (Phi) is 9.13. The molecule has 2 atom stereocenters. The fourth-order valence-corrected chi connectivity index (χ4v) is 5.44. The number of fused-ring (bicyclic) bond motifs is 1. The molecule has 0 radical (unpaired) electrons. The molecule has 2 heterocycles. The van der Waals surface area contributed by atoms with Crippen molar-refractivity contribution in [2.45, 2.75) is 25.0 Å². The quantitative estimate of drug-likeness (QED) is 0.244. The highest BCUT2D eigenvalue weighted by atomic mass is 16.5. The molecule has 228 valence electrons. The zero-order valence-corrected chi connectivity index (χ0v) is 24.8. The van der Waals surface area contributed by atoms with Gasteiger partial charge in [-0.05, 0) is 34.9 Å². The second kappa shape index (κ2) is 13.3. The molecule has 3 aromatic carbocycles. The minimum absolute atomic E-state index is 0.214. The monoisotopic (exact) mass is 597 g/mol. The SMILES string of the molecule is COc1ccc(CN(C)C(=O)C(Cc2c[nH]c3ccccc23)NC(=O)CN2CC(=O)NC(c3ccccc3)C2=O)cc1OC. The molecule has 11 nitrogen and oxygen atoms in total. The average molecular weight is 598 g/mol. The molecule has 2 unspecified atom stereocenters. The maximum Gasteiger partial charge on any atom is 0.250 e. The number of carbonyl (C=O) groups is 4. The molecule has 1 aromatic heterocycles. The van der Waals surface area contributed by atoms with Gasteiger partial charge < -0.3 is 34.9 Å². The number of hydrogen-bond acceptors (Lipinski definition) is 6. The van der Waals surface area contributed by atoms with Gasteiger partial charge in [0.25, 0.3) is 5.91 Å². The third-order valence-corrected chi connectivity index (χ3v) is 7.64. The van der Waals surface area contributed by atoms with Gasteiger partial charge in [-0.15, -0.1) is 0 Å². The summed E-state index contributed by atoms with van der Waals surface area (Å²) in [6.45, 7) is -0.370. The predicted octanol–water partition coefficient (Wildman–Crippen LogP) is 2.57. The summed E-state index contributed by atoms with van der Waals surface area (Å²) in [5.41, 5.74) is 3.21. The van der Waals surface area contributed by atoms with Crippen molar-refractivity contribution in [2.75, 3.05) is 34.4 Å². The lowest BCUT2D eigenvalue weighted by Gasteiger charge is -2.33. The highest BCUT2D eigenvalue weighted by Gasteiger charge is 2.35. The number of benzene rings is 3. The number of likely N-dealkylation sites (N-methyl/N-ethyl adjacent to an activating group) is 1. The number of rotatable bonds is 11. The molecule has 0 bridgehead atoms. The summed E-state index contributed by atoms with van der Waals surface area (Å²) in [5, 5.41) is 6.49. The number of piperazine rings is 1. The van der Waals surface area contributed by atoms with Crippen molar-refractivity contribution >= 4 is 34.5 Å². The van der Waals surface area contributed by atoms with Crippen LogP contribution in [0.5, 0.6) is 11.5 Å². The Morgan fingerprint density at radius 1 is 1.00 bits per heavy atom. The highest BCUT2D eigenvalue weighted by molar-refractivity contribution is 5.98. The number of amides is 4. The number of methoxy groups -OCH3 is 2. The second-order valence-electron chi connectivity index (χ2n) is 10.7. The Morgan fingerprint density at radius 3 is 2.48 bits per heavy atom. The zero-order chi connectivity index (χ0) is 31.2. The van der Waals surface area contributed by atoms with Crippen molar-refractivity contribution in [3.05, 3.63) is 95.7 Å². The summed E-state index contributed by atoms with van der Waals surface area (Å²) in [4.78, 5) is 59.0. The highest BCUT2D eigenvalue weighted by Crippen LogP contribution is 2.28. The Hall–Kier alpha value is -5.32. The van der Waals surface area contributed by atoms with E-state index in [1.54, 1.807) is 57.7 Å². The van der Waals surface area contributed by atoms with E-state index in [9.17, 15) is 19.2 Å². The fraction of sp³-hybridized carbons (Fsp3) is 0.273. The first-order valence-corrected chi connectivity index (χ1v) is 14.2. The number of hydrogen-bond donors (Lipinski definition) is 3. The molecular formula is C33H35N5O6. The number of carbonyl (C=O) groups excluding carboxylic acids is 4. The molecule has 0 saturated carbocycles. The maximum atomic E-state index is 13.9. The van der Waals surface area contributed by atoms with Gasteiger partial charge in [-0.3, -0.25) is 19.2 Å². The van der Waals surface area contributed by atoms with Crippen LogP contribution in [0.15, 0.2) is 79.0 Å². The topological polar surface area (TPSA) is 133 Å². The van der Waals surface area contributed by atoms with Crippen LogP contribution in [0.3, 0.4) is 0 Å². The Morgan fingerprint density at radius 2 is 1.73 bits per heavy atom. The van der Waals surface area contributed by atoms with Crippen LogP contribution < -0.4 is 20.1 Å². The van der Waals surface area contributed by atoms with Crippen LogP contribution in [0, 0.1) is 0 Å². The van der Waals surface area contributed by atoms with Crippen molar-refractivity contribution < 1.29 is 28.7 Å². The van der Waals surface area contributed by atoms with E-state index in [0.29, 0.717) is 17.1 Å². The first-order valence-electron chi connectivity index (χ1n) is 14.2. The number of para-hydroxylation sites is 1. The fourth-order valence-electron chi connectivity index (χ4n) is 5.44. The largest absolute Gasteiger partial charge is 0.493 e. The molecule has 11 heteroatoms. The minimum Gasteiger partial charge on any atom is -0.493 e. The molecule has 4 amide bonds. The van der Waals surface area contributed by atoms with Crippen molar-refractivity contribution in [3.63, 3.8) is 0 Å². The first kappa shape index (κ1) is 30.1. The van der Waals surface area contributed by atoms with E-state index < -0.39 is 23.9 Å². The number of aromatic amines is 1. The molecule has 3 N–H and O–H groups in total. The maximum absolute atomic E-state index is 13.9. The van der Waals surface area contributed by atoms with Crippen molar-refractivity contribution in [1.82, 2.24) is 25.4 Å². The van der Waals surface area contributed by atoms with E-state index >= 15 is 0 Å². The van der Waals surface area contributed by atoms with Gasteiger partial charge in [-0.1, -0.05) is 54.6 Å². The summed E-state index contributed by atoms with van der Waals surface area (Å²) in [6, 6.07) is 20.2. The lowest BCUT2D eigenvalue weighted by molar-refractivity contribution is -0.147. The van der Waals surface area contributed by atoms with Crippen molar-refractivity contribution in [3.8, 4) is 11.5 Å². The number of aromatic nitrogens is 1. The van der Waals surface area contributed by atoms with E-state index in [1.807, 2.05) is 42.6 Å². The summed E-state index contributed by atoms with van der Waals surface area (Å²) >= 11 is 0. The van der Waals surface area contributed by atoms with Crippen LogP contribution in [0.1, 0.15) is 22.7 Å². The van der Waals surface area contributed by atoms with Crippen molar-refractivity contribution in [1.29, 1.82) is 0 Å².